The van der Waals surface area contributed by atoms with Crippen LogP contribution in [0.2, 0.25) is 0 Å². The maximum Gasteiger partial charge on any atom is 0.416 e. The van der Waals surface area contributed by atoms with Crippen LogP contribution < -0.4 is 10.6 Å². The molecule has 0 aromatic heterocycles. The average molecular weight is 272 g/mol. The zero-order chi connectivity index (χ0) is 14.2. The molecule has 106 valence electrons. The van der Waals surface area contributed by atoms with Crippen LogP contribution in [0.15, 0.2) is 18.2 Å². The number of hydrogen-bond donors (Lipinski definition) is 1. The van der Waals surface area contributed by atoms with E-state index in [-0.39, 0.29) is 11.7 Å². The largest absolute Gasteiger partial charge is 0.416 e. The second-order valence-electron chi connectivity index (χ2n) is 5.46. The maximum atomic E-state index is 12.6. The molecule has 1 aromatic rings. The number of benzene rings is 1. The normalized spacial score (nSPS) is 15.9. The van der Waals surface area contributed by atoms with Gasteiger partial charge in [-0.25, -0.2) is 0 Å². The number of anilines is 2. The summed E-state index contributed by atoms with van der Waals surface area (Å²) in [4.78, 5) is 2.09. The molecule has 2 nitrogen and oxygen atoms in total. The molecule has 0 heterocycles. The summed E-state index contributed by atoms with van der Waals surface area (Å²) in [7, 11) is 0. The summed E-state index contributed by atoms with van der Waals surface area (Å²) < 4.78 is 37.8. The highest BCUT2D eigenvalue weighted by atomic mass is 19.4. The van der Waals surface area contributed by atoms with Gasteiger partial charge in [-0.3, -0.25) is 0 Å². The summed E-state index contributed by atoms with van der Waals surface area (Å²) >= 11 is 0. The minimum atomic E-state index is -4.34. The lowest BCUT2D eigenvalue weighted by molar-refractivity contribution is -0.137. The van der Waals surface area contributed by atoms with E-state index in [2.05, 4.69) is 4.90 Å². The minimum absolute atomic E-state index is 0.198. The molecule has 5 heteroatoms. The van der Waals surface area contributed by atoms with E-state index in [0.717, 1.165) is 18.7 Å². The molecule has 0 aliphatic heterocycles. The molecule has 1 aromatic carbocycles. The van der Waals surface area contributed by atoms with Crippen LogP contribution in [0.5, 0.6) is 0 Å². The van der Waals surface area contributed by atoms with Gasteiger partial charge < -0.3 is 10.6 Å². The predicted molar refractivity (Wildman–Crippen MR) is 71.1 cm³/mol. The Morgan fingerprint density at radius 1 is 1.32 bits per heavy atom. The predicted octanol–water partition coefficient (Wildman–Crippen LogP) is 3.91. The minimum Gasteiger partial charge on any atom is -0.397 e. The highest BCUT2D eigenvalue weighted by Gasteiger charge is 2.32. The standard InChI is InChI=1S/C14H19F3N2/c1-9(2)19(8-10-3-4-10)13-6-5-11(7-12(13)18)14(15,16)17/h5-7,9-10H,3-4,8,18H2,1-2H3. The Morgan fingerprint density at radius 2 is 1.95 bits per heavy atom. The lowest BCUT2D eigenvalue weighted by Crippen LogP contribution is -2.33. The molecule has 2 N–H and O–H groups in total. The summed E-state index contributed by atoms with van der Waals surface area (Å²) in [6.07, 6.45) is -1.95. The van der Waals surface area contributed by atoms with Crippen molar-refractivity contribution in [3.8, 4) is 0 Å². The maximum absolute atomic E-state index is 12.6. The first-order valence-corrected chi connectivity index (χ1v) is 6.52. The van der Waals surface area contributed by atoms with Gasteiger partial charge in [-0.15, -0.1) is 0 Å². The number of rotatable bonds is 4. The molecule has 19 heavy (non-hydrogen) atoms. The van der Waals surface area contributed by atoms with Gasteiger partial charge in [-0.05, 0) is 50.8 Å². The van der Waals surface area contributed by atoms with E-state index in [1.54, 1.807) is 0 Å². The molecule has 1 aliphatic rings. The monoisotopic (exact) mass is 272 g/mol. The Kier molecular flexibility index (Phi) is 3.65. The molecule has 0 radical (unpaired) electrons. The first-order valence-electron chi connectivity index (χ1n) is 6.52. The fourth-order valence-electron chi connectivity index (χ4n) is 2.16. The third-order valence-electron chi connectivity index (χ3n) is 3.44. The summed E-state index contributed by atoms with van der Waals surface area (Å²) in [6.45, 7) is 4.92. The van der Waals surface area contributed by atoms with Crippen LogP contribution in [0.4, 0.5) is 24.5 Å². The second-order valence-corrected chi connectivity index (χ2v) is 5.46. The van der Waals surface area contributed by atoms with Crippen LogP contribution >= 0.6 is 0 Å². The number of nitrogen functional groups attached to an aromatic ring is 1. The van der Waals surface area contributed by atoms with Gasteiger partial charge in [0, 0.05) is 12.6 Å². The first-order chi connectivity index (χ1) is 8.79. The molecule has 2 rings (SSSR count). The van der Waals surface area contributed by atoms with Gasteiger partial charge >= 0.3 is 6.18 Å². The molecule has 0 amide bonds. The third-order valence-corrected chi connectivity index (χ3v) is 3.44. The molecule has 1 aliphatic carbocycles. The van der Waals surface area contributed by atoms with Crippen LogP contribution in [-0.4, -0.2) is 12.6 Å². The Labute approximate surface area is 111 Å². The smallest absolute Gasteiger partial charge is 0.397 e. The molecular weight excluding hydrogens is 253 g/mol. The molecule has 1 fully saturated rings. The zero-order valence-electron chi connectivity index (χ0n) is 11.2. The molecule has 0 atom stereocenters. The van der Waals surface area contributed by atoms with E-state index < -0.39 is 11.7 Å². The number of hydrogen-bond acceptors (Lipinski definition) is 2. The van der Waals surface area contributed by atoms with Crippen LogP contribution in [0.3, 0.4) is 0 Å². The van der Waals surface area contributed by atoms with Crippen LogP contribution in [0.25, 0.3) is 0 Å². The van der Waals surface area contributed by atoms with Gasteiger partial charge in [-0.1, -0.05) is 0 Å². The van der Waals surface area contributed by atoms with Crippen molar-refractivity contribution in [1.82, 2.24) is 0 Å². The summed E-state index contributed by atoms with van der Waals surface area (Å²) in [5, 5.41) is 0. The summed E-state index contributed by atoms with van der Waals surface area (Å²) in [5.41, 5.74) is 6.02. The van der Waals surface area contributed by atoms with Crippen molar-refractivity contribution in [2.75, 3.05) is 17.2 Å². The van der Waals surface area contributed by atoms with E-state index >= 15 is 0 Å². The van der Waals surface area contributed by atoms with Crippen molar-refractivity contribution in [2.24, 2.45) is 5.92 Å². The average Bonchev–Trinajstić information content (AvgIpc) is 3.08. The fourth-order valence-corrected chi connectivity index (χ4v) is 2.16. The Hall–Kier alpha value is -1.39. The van der Waals surface area contributed by atoms with E-state index in [9.17, 15) is 13.2 Å². The van der Waals surface area contributed by atoms with Gasteiger partial charge in [0.1, 0.15) is 0 Å². The van der Waals surface area contributed by atoms with Crippen molar-refractivity contribution in [3.05, 3.63) is 23.8 Å². The Morgan fingerprint density at radius 3 is 2.37 bits per heavy atom. The highest BCUT2D eigenvalue weighted by Crippen LogP contribution is 2.37. The van der Waals surface area contributed by atoms with Gasteiger partial charge in [0.05, 0.1) is 16.9 Å². The first kappa shape index (κ1) is 14.0. The van der Waals surface area contributed by atoms with Crippen molar-refractivity contribution in [3.63, 3.8) is 0 Å². The van der Waals surface area contributed by atoms with Crippen molar-refractivity contribution < 1.29 is 13.2 Å². The van der Waals surface area contributed by atoms with Gasteiger partial charge in [0.15, 0.2) is 0 Å². The highest BCUT2D eigenvalue weighted by molar-refractivity contribution is 5.69. The van der Waals surface area contributed by atoms with E-state index in [1.807, 2.05) is 13.8 Å². The number of nitrogens with zero attached hydrogens (tertiary/aromatic N) is 1. The Bertz CT molecular complexity index is 450. The lowest BCUT2D eigenvalue weighted by Gasteiger charge is -2.30. The molecule has 0 unspecified atom stereocenters. The summed E-state index contributed by atoms with van der Waals surface area (Å²) in [5.74, 6) is 0.657. The molecule has 1 saturated carbocycles. The van der Waals surface area contributed by atoms with E-state index in [4.69, 9.17) is 5.73 Å². The van der Waals surface area contributed by atoms with Crippen molar-refractivity contribution in [1.29, 1.82) is 0 Å². The molecule has 0 spiro atoms. The molecular formula is C14H19F3N2. The van der Waals surface area contributed by atoms with Crippen molar-refractivity contribution in [2.45, 2.75) is 38.9 Å². The molecule has 0 saturated heterocycles. The summed E-state index contributed by atoms with van der Waals surface area (Å²) in [6, 6.07) is 3.84. The van der Waals surface area contributed by atoms with Gasteiger partial charge in [0.25, 0.3) is 0 Å². The number of nitrogens with two attached hydrogens (primary N) is 1. The topological polar surface area (TPSA) is 29.3 Å². The second kappa shape index (κ2) is 4.94. The van der Waals surface area contributed by atoms with Crippen LogP contribution in [-0.2, 0) is 6.18 Å². The number of halogens is 3. The van der Waals surface area contributed by atoms with E-state index in [1.165, 1.54) is 18.9 Å². The quantitative estimate of drug-likeness (QED) is 0.842. The van der Waals surface area contributed by atoms with Crippen LogP contribution in [0.1, 0.15) is 32.3 Å². The van der Waals surface area contributed by atoms with Gasteiger partial charge in [0.2, 0.25) is 0 Å². The van der Waals surface area contributed by atoms with Crippen molar-refractivity contribution >= 4 is 11.4 Å². The SMILES string of the molecule is CC(C)N(CC1CC1)c1ccc(C(F)(F)F)cc1N. The molecule has 0 bridgehead atoms. The van der Waals surface area contributed by atoms with E-state index in [0.29, 0.717) is 11.6 Å². The van der Waals surface area contributed by atoms with Crippen LogP contribution in [0, 0.1) is 5.92 Å². The zero-order valence-corrected chi connectivity index (χ0v) is 11.2. The third kappa shape index (κ3) is 3.33. The van der Waals surface area contributed by atoms with Gasteiger partial charge in [-0.2, -0.15) is 13.2 Å². The Balaban J connectivity index is 2.27. The fraction of sp³-hybridized carbons (Fsp3) is 0.571. The number of alkyl halides is 3. The lowest BCUT2D eigenvalue weighted by atomic mass is 10.1.